The second-order valence-electron chi connectivity index (χ2n) is 8.13. The SMILES string of the molecule is CC1CC1NC1CCN(CC2CCN(C(C)C)CC2)CC1. The standard InChI is InChI=1S/C18H35N3/c1-14(2)21-10-4-16(5-11-21)13-20-8-6-17(7-9-20)19-18-12-15(18)3/h14-19H,4-13H2,1-3H3. The third-order valence-electron chi connectivity index (χ3n) is 6.04. The van der Waals surface area contributed by atoms with Crippen molar-refractivity contribution in [3.63, 3.8) is 0 Å². The highest BCUT2D eigenvalue weighted by atomic mass is 15.2. The minimum Gasteiger partial charge on any atom is -0.311 e. The Bertz CT molecular complexity index is 314. The Morgan fingerprint density at radius 3 is 2.14 bits per heavy atom. The van der Waals surface area contributed by atoms with Crippen molar-refractivity contribution < 1.29 is 0 Å². The first kappa shape index (κ1) is 15.8. The van der Waals surface area contributed by atoms with Gasteiger partial charge in [0.1, 0.15) is 0 Å². The van der Waals surface area contributed by atoms with Crippen molar-refractivity contribution in [3.05, 3.63) is 0 Å². The molecule has 3 fully saturated rings. The summed E-state index contributed by atoms with van der Waals surface area (Å²) in [6, 6.07) is 2.39. The molecule has 0 spiro atoms. The molecule has 0 radical (unpaired) electrons. The van der Waals surface area contributed by atoms with Crippen molar-refractivity contribution in [2.75, 3.05) is 32.7 Å². The van der Waals surface area contributed by atoms with E-state index in [0.29, 0.717) is 0 Å². The van der Waals surface area contributed by atoms with Gasteiger partial charge < -0.3 is 15.1 Å². The van der Waals surface area contributed by atoms with E-state index in [-0.39, 0.29) is 0 Å². The molecule has 122 valence electrons. The van der Waals surface area contributed by atoms with Crippen molar-refractivity contribution in [3.8, 4) is 0 Å². The van der Waals surface area contributed by atoms with Crippen LogP contribution in [0.3, 0.4) is 0 Å². The van der Waals surface area contributed by atoms with Crippen molar-refractivity contribution in [1.29, 1.82) is 0 Å². The number of nitrogens with one attached hydrogen (secondary N) is 1. The fourth-order valence-electron chi connectivity index (χ4n) is 4.16. The van der Waals surface area contributed by atoms with Gasteiger partial charge in [-0.15, -0.1) is 0 Å². The van der Waals surface area contributed by atoms with Crippen LogP contribution in [0.4, 0.5) is 0 Å². The van der Waals surface area contributed by atoms with E-state index in [2.05, 4.69) is 35.9 Å². The van der Waals surface area contributed by atoms with Gasteiger partial charge in [0.2, 0.25) is 0 Å². The minimum atomic E-state index is 0.734. The van der Waals surface area contributed by atoms with Crippen LogP contribution < -0.4 is 5.32 Å². The highest BCUT2D eigenvalue weighted by Gasteiger charge is 2.35. The Balaban J connectivity index is 1.32. The van der Waals surface area contributed by atoms with E-state index in [1.54, 1.807) is 0 Å². The highest BCUT2D eigenvalue weighted by molar-refractivity contribution is 4.93. The van der Waals surface area contributed by atoms with Crippen molar-refractivity contribution in [1.82, 2.24) is 15.1 Å². The van der Waals surface area contributed by atoms with E-state index >= 15 is 0 Å². The predicted molar refractivity (Wildman–Crippen MR) is 89.6 cm³/mol. The van der Waals surface area contributed by atoms with Gasteiger partial charge in [-0.2, -0.15) is 0 Å². The molecule has 3 nitrogen and oxygen atoms in total. The van der Waals surface area contributed by atoms with Gasteiger partial charge in [-0.05, 0) is 84.0 Å². The van der Waals surface area contributed by atoms with E-state index in [1.165, 1.54) is 64.8 Å². The average Bonchev–Trinajstić information content (AvgIpc) is 3.17. The molecular formula is C18H35N3. The summed E-state index contributed by atoms with van der Waals surface area (Å²) in [7, 11) is 0. The maximum Gasteiger partial charge on any atom is 0.00989 e. The molecule has 3 aliphatic rings. The molecule has 0 bridgehead atoms. The highest BCUT2D eigenvalue weighted by Crippen LogP contribution is 2.30. The van der Waals surface area contributed by atoms with Gasteiger partial charge in [0.25, 0.3) is 0 Å². The summed E-state index contributed by atoms with van der Waals surface area (Å²) in [5.41, 5.74) is 0. The van der Waals surface area contributed by atoms with Crippen molar-refractivity contribution >= 4 is 0 Å². The Labute approximate surface area is 131 Å². The zero-order valence-corrected chi connectivity index (χ0v) is 14.4. The van der Waals surface area contributed by atoms with Gasteiger partial charge in [0.05, 0.1) is 0 Å². The van der Waals surface area contributed by atoms with E-state index in [4.69, 9.17) is 0 Å². The molecule has 0 amide bonds. The summed E-state index contributed by atoms with van der Waals surface area (Å²) in [5.74, 6) is 1.89. The number of piperidine rings is 2. The monoisotopic (exact) mass is 293 g/mol. The van der Waals surface area contributed by atoms with Gasteiger partial charge in [0, 0.05) is 24.7 Å². The van der Waals surface area contributed by atoms with E-state index < -0.39 is 0 Å². The predicted octanol–water partition coefficient (Wildman–Crippen LogP) is 2.57. The molecule has 2 unspecified atom stereocenters. The lowest BCUT2D eigenvalue weighted by atomic mass is 9.94. The van der Waals surface area contributed by atoms with Crippen molar-refractivity contribution in [2.24, 2.45) is 11.8 Å². The van der Waals surface area contributed by atoms with Crippen molar-refractivity contribution in [2.45, 2.75) is 71.0 Å². The lowest BCUT2D eigenvalue weighted by Crippen LogP contribution is -2.46. The van der Waals surface area contributed by atoms with Gasteiger partial charge in [-0.1, -0.05) is 6.92 Å². The topological polar surface area (TPSA) is 18.5 Å². The summed E-state index contributed by atoms with van der Waals surface area (Å²) < 4.78 is 0. The van der Waals surface area contributed by atoms with Crippen LogP contribution in [0.5, 0.6) is 0 Å². The van der Waals surface area contributed by atoms with Crippen LogP contribution in [-0.4, -0.2) is 60.6 Å². The van der Waals surface area contributed by atoms with Crippen LogP contribution in [0, 0.1) is 11.8 Å². The molecule has 0 aromatic heterocycles. The molecule has 1 N–H and O–H groups in total. The largest absolute Gasteiger partial charge is 0.311 e. The maximum absolute atomic E-state index is 3.85. The molecule has 0 aromatic carbocycles. The normalized spacial score (nSPS) is 33.7. The number of nitrogens with zero attached hydrogens (tertiary/aromatic N) is 2. The van der Waals surface area contributed by atoms with E-state index in [9.17, 15) is 0 Å². The second kappa shape index (κ2) is 6.97. The number of rotatable bonds is 5. The van der Waals surface area contributed by atoms with Gasteiger partial charge in [-0.3, -0.25) is 0 Å². The zero-order valence-electron chi connectivity index (χ0n) is 14.4. The Kier molecular flexibility index (Phi) is 5.23. The van der Waals surface area contributed by atoms with Crippen LogP contribution in [0.1, 0.15) is 52.9 Å². The van der Waals surface area contributed by atoms with Gasteiger partial charge in [-0.25, -0.2) is 0 Å². The third-order valence-corrected chi connectivity index (χ3v) is 6.04. The quantitative estimate of drug-likeness (QED) is 0.840. The Morgan fingerprint density at radius 2 is 1.62 bits per heavy atom. The van der Waals surface area contributed by atoms with Gasteiger partial charge in [0.15, 0.2) is 0 Å². The molecule has 0 aromatic rings. The molecule has 21 heavy (non-hydrogen) atoms. The number of likely N-dealkylation sites (tertiary alicyclic amines) is 2. The number of hydrogen-bond acceptors (Lipinski definition) is 3. The average molecular weight is 293 g/mol. The summed E-state index contributed by atoms with van der Waals surface area (Å²) in [6.45, 7) is 13.7. The fourth-order valence-corrected chi connectivity index (χ4v) is 4.16. The molecule has 2 aliphatic heterocycles. The van der Waals surface area contributed by atoms with E-state index in [1.807, 2.05) is 0 Å². The first-order valence-corrected chi connectivity index (χ1v) is 9.34. The fraction of sp³-hybridized carbons (Fsp3) is 1.00. The summed E-state index contributed by atoms with van der Waals surface area (Å²) in [6.07, 6.45) is 6.97. The second-order valence-corrected chi connectivity index (χ2v) is 8.13. The van der Waals surface area contributed by atoms with Crippen LogP contribution in [0.25, 0.3) is 0 Å². The van der Waals surface area contributed by atoms with E-state index in [0.717, 1.165) is 30.0 Å². The first-order chi connectivity index (χ1) is 10.1. The van der Waals surface area contributed by atoms with Crippen LogP contribution in [0.2, 0.25) is 0 Å². The van der Waals surface area contributed by atoms with Crippen LogP contribution in [0.15, 0.2) is 0 Å². The first-order valence-electron chi connectivity index (χ1n) is 9.34. The smallest absolute Gasteiger partial charge is 0.00989 e. The lowest BCUT2D eigenvalue weighted by Gasteiger charge is -2.39. The molecule has 2 atom stereocenters. The van der Waals surface area contributed by atoms with Gasteiger partial charge >= 0.3 is 0 Å². The Hall–Kier alpha value is -0.120. The Morgan fingerprint density at radius 1 is 1.00 bits per heavy atom. The van der Waals surface area contributed by atoms with Crippen LogP contribution >= 0.6 is 0 Å². The summed E-state index contributed by atoms with van der Waals surface area (Å²) in [4.78, 5) is 5.38. The number of hydrogen-bond donors (Lipinski definition) is 1. The lowest BCUT2D eigenvalue weighted by molar-refractivity contribution is 0.108. The minimum absolute atomic E-state index is 0.734. The summed E-state index contributed by atoms with van der Waals surface area (Å²) >= 11 is 0. The molecule has 2 heterocycles. The molecular weight excluding hydrogens is 258 g/mol. The third kappa shape index (κ3) is 4.43. The molecule has 3 rings (SSSR count). The van der Waals surface area contributed by atoms with Crippen LogP contribution in [-0.2, 0) is 0 Å². The molecule has 2 saturated heterocycles. The molecule has 3 heteroatoms. The summed E-state index contributed by atoms with van der Waals surface area (Å²) in [5, 5.41) is 3.85. The maximum atomic E-state index is 3.85. The zero-order chi connectivity index (χ0) is 14.8. The molecule has 1 aliphatic carbocycles. The molecule has 1 saturated carbocycles.